The summed E-state index contributed by atoms with van der Waals surface area (Å²) in [7, 11) is -15.0. The van der Waals surface area contributed by atoms with Crippen LogP contribution in [0.4, 0.5) is 0 Å². The van der Waals surface area contributed by atoms with Crippen molar-refractivity contribution in [1.82, 2.24) is 0 Å². The topological polar surface area (TPSA) is 27.7 Å². The van der Waals surface area contributed by atoms with Crippen LogP contribution in [0.3, 0.4) is 0 Å². The molecular formula is C58H53O3Si4. The van der Waals surface area contributed by atoms with Gasteiger partial charge in [-0.25, -0.2) is 0 Å². The third-order valence-electron chi connectivity index (χ3n) is 12.6. The van der Waals surface area contributed by atoms with Gasteiger partial charge in [0.2, 0.25) is 8.32 Å². The first kappa shape index (κ1) is 44.0. The lowest BCUT2D eigenvalue weighted by molar-refractivity contribution is 0.357. The summed E-state index contributed by atoms with van der Waals surface area (Å²) < 4.78 is 26.4. The van der Waals surface area contributed by atoms with Crippen LogP contribution < -0.4 is 46.7 Å². The predicted molar refractivity (Wildman–Crippen MR) is 280 cm³/mol. The second-order valence-corrected chi connectivity index (χ2v) is 30.4. The highest BCUT2D eigenvalue weighted by Crippen LogP contribution is 2.33. The highest BCUT2D eigenvalue weighted by atomic mass is 28.5. The second-order valence-electron chi connectivity index (χ2n) is 16.4. The van der Waals surface area contributed by atoms with Crippen LogP contribution in [0.1, 0.15) is 13.3 Å². The van der Waals surface area contributed by atoms with Crippen LogP contribution in [0.25, 0.3) is 0 Å². The van der Waals surface area contributed by atoms with E-state index in [0.29, 0.717) is 6.42 Å². The normalized spacial score (nSPS) is 12.6. The van der Waals surface area contributed by atoms with E-state index in [4.69, 9.17) is 12.3 Å². The van der Waals surface area contributed by atoms with Crippen molar-refractivity contribution < 1.29 is 12.3 Å². The molecule has 3 nitrogen and oxygen atoms in total. The second kappa shape index (κ2) is 19.9. The maximum Gasteiger partial charge on any atom is 0.389 e. The summed E-state index contributed by atoms with van der Waals surface area (Å²) in [5.74, 6) is 0. The molecule has 7 heteroatoms. The minimum absolute atomic E-state index is 0.0343. The molecule has 0 heterocycles. The summed E-state index contributed by atoms with van der Waals surface area (Å²) in [6.45, 7) is 6.94. The van der Waals surface area contributed by atoms with Crippen LogP contribution in [0.2, 0.25) is 5.54 Å². The van der Waals surface area contributed by atoms with Gasteiger partial charge in [0, 0.05) is 0 Å². The van der Waals surface area contributed by atoms with Crippen LogP contribution >= 0.6 is 0 Å². The molecular weight excluding hydrogens is 857 g/mol. The average molecular weight is 910 g/mol. The number of rotatable bonds is 17. The highest BCUT2D eigenvalue weighted by molar-refractivity contribution is 7.16. The molecule has 0 N–H and O–H groups in total. The van der Waals surface area contributed by atoms with Gasteiger partial charge in [-0.2, -0.15) is 0 Å². The highest BCUT2D eigenvalue weighted by Gasteiger charge is 2.62. The fourth-order valence-electron chi connectivity index (χ4n) is 9.35. The molecule has 0 aromatic heterocycles. The van der Waals surface area contributed by atoms with Gasteiger partial charge in [0.25, 0.3) is 8.32 Å². The smallest absolute Gasteiger partial charge is 0.389 e. The number of hydrogen-bond donors (Lipinski definition) is 0. The van der Waals surface area contributed by atoms with Gasteiger partial charge in [0.15, 0.2) is 0 Å². The summed E-state index contributed by atoms with van der Waals surface area (Å²) in [5, 5.41) is 9.72. The van der Waals surface area contributed by atoms with Crippen molar-refractivity contribution >= 4 is 80.4 Å². The lowest BCUT2D eigenvalue weighted by Gasteiger charge is -2.50. The van der Waals surface area contributed by atoms with Gasteiger partial charge in [-0.3, -0.25) is 0 Å². The van der Waals surface area contributed by atoms with E-state index in [1.165, 1.54) is 10.4 Å². The molecule has 65 heavy (non-hydrogen) atoms. The Labute approximate surface area is 389 Å². The largest absolute Gasteiger partial charge is 0.422 e. The van der Waals surface area contributed by atoms with Crippen molar-refractivity contribution in [3.05, 3.63) is 280 Å². The van der Waals surface area contributed by atoms with Crippen LogP contribution in [-0.2, 0) is 12.3 Å². The van der Waals surface area contributed by atoms with Gasteiger partial charge >= 0.3 is 17.1 Å². The molecule has 0 aliphatic heterocycles. The Bertz CT molecular complexity index is 2610. The van der Waals surface area contributed by atoms with Gasteiger partial charge < -0.3 is 12.3 Å². The SMILES string of the molecule is [CH2]CC(C)[Si](O[Si](O[Si](O[Si](c1ccccc1)(c1ccccc1)c1ccccc1)(c1ccccc1)c1ccccc1)(c1ccccc1)c1ccccc1)(c1ccccc1)c1ccccc1. The van der Waals surface area contributed by atoms with E-state index in [1.54, 1.807) is 0 Å². The summed E-state index contributed by atoms with van der Waals surface area (Å²) in [4.78, 5) is 0. The minimum Gasteiger partial charge on any atom is -0.422 e. The molecule has 1 unspecified atom stereocenters. The van der Waals surface area contributed by atoms with E-state index in [0.717, 1.165) is 36.3 Å². The van der Waals surface area contributed by atoms with E-state index in [9.17, 15) is 0 Å². The lowest BCUT2D eigenvalue weighted by Crippen LogP contribution is -2.84. The molecule has 0 spiro atoms. The average Bonchev–Trinajstić information content (AvgIpc) is 3.41. The number of benzene rings is 9. The maximum absolute atomic E-state index is 8.87. The molecule has 319 valence electrons. The summed E-state index contributed by atoms with van der Waals surface area (Å²) in [6, 6.07) is 97.4. The third kappa shape index (κ3) is 8.44. The molecule has 0 fully saturated rings. The van der Waals surface area contributed by atoms with Crippen LogP contribution in [0.5, 0.6) is 0 Å². The molecule has 0 amide bonds. The Morgan fingerprint density at radius 1 is 0.292 bits per heavy atom. The van der Waals surface area contributed by atoms with Crippen LogP contribution in [0, 0.1) is 6.92 Å². The van der Waals surface area contributed by atoms with Crippen molar-refractivity contribution in [2.45, 2.75) is 18.9 Å². The van der Waals surface area contributed by atoms with Crippen LogP contribution in [-0.4, -0.2) is 33.8 Å². The molecule has 9 aromatic rings. The van der Waals surface area contributed by atoms with Gasteiger partial charge in [0.05, 0.1) is 0 Å². The molecule has 9 rings (SSSR count). The summed E-state index contributed by atoms with van der Waals surface area (Å²) in [6.07, 6.45) is 0.659. The van der Waals surface area contributed by atoms with Crippen molar-refractivity contribution in [2.75, 3.05) is 0 Å². The first-order valence-electron chi connectivity index (χ1n) is 22.4. The number of hydrogen-bond acceptors (Lipinski definition) is 3. The van der Waals surface area contributed by atoms with Crippen molar-refractivity contribution in [1.29, 1.82) is 0 Å². The Hall–Kier alpha value is -6.27. The van der Waals surface area contributed by atoms with E-state index in [2.05, 4.69) is 287 Å². The Balaban J connectivity index is 1.45. The monoisotopic (exact) mass is 909 g/mol. The molecule has 0 saturated carbocycles. The van der Waals surface area contributed by atoms with Crippen LogP contribution in [0.15, 0.2) is 273 Å². The Morgan fingerprint density at radius 3 is 0.754 bits per heavy atom. The summed E-state index contributed by atoms with van der Waals surface area (Å²) >= 11 is 0. The van der Waals surface area contributed by atoms with E-state index in [-0.39, 0.29) is 5.54 Å². The molecule has 1 radical (unpaired) electrons. The van der Waals surface area contributed by atoms with Gasteiger partial charge in [-0.15, -0.1) is 0 Å². The van der Waals surface area contributed by atoms with Crippen molar-refractivity contribution in [3.8, 4) is 0 Å². The summed E-state index contributed by atoms with van der Waals surface area (Å²) in [5.41, 5.74) is 0.0343. The Morgan fingerprint density at radius 2 is 0.508 bits per heavy atom. The lowest BCUT2D eigenvalue weighted by atomic mass is 10.3. The van der Waals surface area contributed by atoms with Gasteiger partial charge in [0.1, 0.15) is 0 Å². The molecule has 0 saturated heterocycles. The fraction of sp³-hybridized carbons (Fsp3) is 0.0517. The van der Waals surface area contributed by atoms with E-state index >= 15 is 0 Å². The maximum atomic E-state index is 8.87. The minimum atomic E-state index is -4.07. The molecule has 9 aromatic carbocycles. The molecule has 0 aliphatic carbocycles. The van der Waals surface area contributed by atoms with Crippen molar-refractivity contribution in [3.63, 3.8) is 0 Å². The fourth-order valence-corrected chi connectivity index (χ4v) is 32.0. The first-order valence-corrected chi connectivity index (χ1v) is 30.0. The zero-order valence-corrected chi connectivity index (χ0v) is 40.7. The zero-order valence-electron chi connectivity index (χ0n) is 36.7. The molecule has 1 atom stereocenters. The molecule has 0 bridgehead atoms. The first-order chi connectivity index (χ1) is 32.0. The molecule has 0 aliphatic rings. The van der Waals surface area contributed by atoms with E-state index in [1.807, 2.05) is 0 Å². The third-order valence-corrected chi connectivity index (χ3v) is 31.6. The Kier molecular flexibility index (Phi) is 13.4. The predicted octanol–water partition coefficient (Wildman–Crippen LogP) is 7.59. The van der Waals surface area contributed by atoms with Crippen molar-refractivity contribution in [2.24, 2.45) is 0 Å². The standard InChI is InChI=1S/C58H53O3Si4/c1-3-49(2)62(50-31-13-4-14-32-50,51-33-15-5-16-34-51)59-64(55-41-23-9-24-42-55,56-43-25-10-26-44-56)61-65(57-45-27-11-28-46-57,58-47-29-12-30-48-58)60-63(52-35-17-6-18-36-52,53-37-19-7-20-38-53)54-39-21-8-22-40-54/h4-49H,1,3H2,2H3. The van der Waals surface area contributed by atoms with Gasteiger partial charge in [-0.1, -0.05) is 293 Å². The van der Waals surface area contributed by atoms with E-state index < -0.39 is 33.8 Å². The van der Waals surface area contributed by atoms with Gasteiger partial charge in [-0.05, 0) is 52.2 Å². The quantitative estimate of drug-likeness (QED) is 0.0697. The zero-order chi connectivity index (χ0) is 44.4.